The normalized spacial score (nSPS) is 11.5. The second-order valence-corrected chi connectivity index (χ2v) is 8.84. The van der Waals surface area contributed by atoms with E-state index >= 15 is 0 Å². The molecule has 0 fully saturated rings. The number of nitrogens with zero attached hydrogens (tertiary/aromatic N) is 3. The average Bonchev–Trinajstić information content (AvgIpc) is 2.86. The molecule has 8 heteroatoms. The fourth-order valence-corrected chi connectivity index (χ4v) is 3.96. The first kappa shape index (κ1) is 23.1. The van der Waals surface area contributed by atoms with Gasteiger partial charge in [-0.2, -0.15) is 0 Å². The summed E-state index contributed by atoms with van der Waals surface area (Å²) in [4.78, 5) is 28.7. The topological polar surface area (TPSA) is 96.9 Å². The molecule has 34 heavy (non-hydrogen) atoms. The first-order chi connectivity index (χ1) is 16.5. The minimum absolute atomic E-state index is 0.149. The summed E-state index contributed by atoms with van der Waals surface area (Å²) in [5.74, 6) is -0.335. The zero-order valence-corrected chi connectivity index (χ0v) is 19.5. The van der Waals surface area contributed by atoms with E-state index in [-0.39, 0.29) is 11.8 Å². The van der Waals surface area contributed by atoms with Gasteiger partial charge < -0.3 is 10.6 Å². The number of rotatable bonds is 7. The first-order valence-electron chi connectivity index (χ1n) is 10.7. The van der Waals surface area contributed by atoms with Gasteiger partial charge in [0.15, 0.2) is 0 Å². The van der Waals surface area contributed by atoms with Crippen molar-refractivity contribution in [1.29, 1.82) is 0 Å². The lowest BCUT2D eigenvalue weighted by atomic mass is 10.0. The fourth-order valence-electron chi connectivity index (χ4n) is 3.24. The van der Waals surface area contributed by atoms with Crippen molar-refractivity contribution in [3.05, 3.63) is 84.9 Å². The van der Waals surface area contributed by atoms with Crippen molar-refractivity contribution in [3.8, 4) is 22.5 Å². The summed E-state index contributed by atoms with van der Waals surface area (Å²) in [6.45, 7) is 3.24. The van der Waals surface area contributed by atoms with E-state index in [0.717, 1.165) is 11.1 Å². The molecule has 0 saturated heterocycles. The van der Waals surface area contributed by atoms with Crippen LogP contribution in [0.1, 0.15) is 13.8 Å². The Morgan fingerprint density at radius 2 is 1.26 bits per heavy atom. The second-order valence-electron chi connectivity index (χ2n) is 7.53. The van der Waals surface area contributed by atoms with Crippen LogP contribution in [0.4, 0.5) is 11.4 Å². The number of hydrogen-bond donors (Lipinski definition) is 2. The van der Waals surface area contributed by atoms with Crippen molar-refractivity contribution in [1.82, 2.24) is 15.2 Å². The lowest BCUT2D eigenvalue weighted by molar-refractivity contribution is -0.115. The van der Waals surface area contributed by atoms with Gasteiger partial charge in [-0.25, -0.2) is 4.98 Å². The molecule has 0 spiro atoms. The van der Waals surface area contributed by atoms with Crippen LogP contribution in [-0.2, 0) is 9.59 Å². The first-order valence-corrected chi connectivity index (χ1v) is 11.6. The molecule has 0 saturated carbocycles. The molecule has 1 unspecified atom stereocenters. The number of benzene rings is 3. The van der Waals surface area contributed by atoms with E-state index in [1.165, 1.54) is 18.7 Å². The molecule has 4 aromatic rings. The molecule has 0 aliphatic heterocycles. The summed E-state index contributed by atoms with van der Waals surface area (Å²) in [6.07, 6.45) is 0. The fraction of sp³-hybridized carbons (Fsp3) is 0.115. The Kier molecular flexibility index (Phi) is 7.29. The smallest absolute Gasteiger partial charge is 0.237 e. The molecule has 3 aromatic carbocycles. The Morgan fingerprint density at radius 1 is 0.735 bits per heavy atom. The molecule has 1 heterocycles. The van der Waals surface area contributed by atoms with Crippen LogP contribution in [-0.4, -0.2) is 32.2 Å². The Bertz CT molecular complexity index is 1280. The van der Waals surface area contributed by atoms with E-state index < -0.39 is 5.25 Å². The maximum Gasteiger partial charge on any atom is 0.237 e. The van der Waals surface area contributed by atoms with Crippen LogP contribution in [0.2, 0.25) is 0 Å². The highest BCUT2D eigenvalue weighted by Crippen LogP contribution is 2.30. The highest BCUT2D eigenvalue weighted by molar-refractivity contribution is 8.00. The third-order valence-corrected chi connectivity index (χ3v) is 5.84. The summed E-state index contributed by atoms with van der Waals surface area (Å²) in [5.41, 5.74) is 4.55. The molecular weight excluding hydrogens is 446 g/mol. The number of thioether (sulfide) groups is 1. The number of hydrogen-bond acceptors (Lipinski definition) is 6. The van der Waals surface area contributed by atoms with Gasteiger partial charge in [-0.05, 0) is 31.2 Å². The zero-order chi connectivity index (χ0) is 23.9. The van der Waals surface area contributed by atoms with Crippen LogP contribution >= 0.6 is 11.8 Å². The van der Waals surface area contributed by atoms with Crippen LogP contribution < -0.4 is 10.6 Å². The number of amides is 2. The number of carbonyl (C=O) groups excluding carboxylic acids is 2. The minimum atomic E-state index is -0.456. The average molecular weight is 470 g/mol. The van der Waals surface area contributed by atoms with Crippen molar-refractivity contribution < 1.29 is 9.59 Å². The van der Waals surface area contributed by atoms with Crippen LogP contribution in [0.25, 0.3) is 22.5 Å². The van der Waals surface area contributed by atoms with Gasteiger partial charge in [0, 0.05) is 29.4 Å². The number of carbonyl (C=O) groups is 2. The van der Waals surface area contributed by atoms with Crippen LogP contribution in [0, 0.1) is 0 Å². The van der Waals surface area contributed by atoms with Crippen molar-refractivity contribution >= 4 is 35.0 Å². The van der Waals surface area contributed by atoms with E-state index in [2.05, 4.69) is 20.8 Å². The molecule has 4 rings (SSSR count). The van der Waals surface area contributed by atoms with Gasteiger partial charge in [0.2, 0.25) is 17.0 Å². The third kappa shape index (κ3) is 5.85. The number of nitrogens with one attached hydrogen (secondary N) is 2. The van der Waals surface area contributed by atoms with Gasteiger partial charge in [0.25, 0.3) is 0 Å². The van der Waals surface area contributed by atoms with Crippen molar-refractivity contribution in [2.75, 3.05) is 10.6 Å². The molecule has 1 aromatic heterocycles. The largest absolute Gasteiger partial charge is 0.326 e. The van der Waals surface area contributed by atoms with Crippen LogP contribution in [0.3, 0.4) is 0 Å². The van der Waals surface area contributed by atoms with Crippen molar-refractivity contribution in [2.24, 2.45) is 0 Å². The highest BCUT2D eigenvalue weighted by atomic mass is 32.2. The van der Waals surface area contributed by atoms with E-state index in [4.69, 9.17) is 4.98 Å². The molecule has 0 aliphatic rings. The van der Waals surface area contributed by atoms with E-state index in [9.17, 15) is 9.59 Å². The Morgan fingerprint density at radius 3 is 1.82 bits per heavy atom. The molecule has 2 N–H and O–H groups in total. The summed E-state index contributed by atoms with van der Waals surface area (Å²) in [6, 6.07) is 26.5. The quantitative estimate of drug-likeness (QED) is 0.357. The Balaban J connectivity index is 1.52. The van der Waals surface area contributed by atoms with Gasteiger partial charge >= 0.3 is 0 Å². The predicted octanol–water partition coefficient (Wildman–Crippen LogP) is 5.28. The van der Waals surface area contributed by atoms with Gasteiger partial charge in [0.05, 0.1) is 5.25 Å². The van der Waals surface area contributed by atoms with Crippen LogP contribution in [0.15, 0.2) is 90.1 Å². The Labute approximate surface area is 202 Å². The summed E-state index contributed by atoms with van der Waals surface area (Å²) in [5, 5.41) is 14.3. The SMILES string of the molecule is CC(=O)Nc1ccc(NC(=O)C(C)Sc2nnc(-c3ccccc3)c(-c3ccccc3)n2)cc1. The molecule has 1 atom stereocenters. The summed E-state index contributed by atoms with van der Waals surface area (Å²) < 4.78 is 0. The van der Waals surface area contributed by atoms with Crippen molar-refractivity contribution in [3.63, 3.8) is 0 Å². The van der Waals surface area contributed by atoms with Gasteiger partial charge in [-0.15, -0.1) is 10.2 Å². The molecule has 170 valence electrons. The molecule has 7 nitrogen and oxygen atoms in total. The third-order valence-electron chi connectivity index (χ3n) is 4.89. The molecular formula is C26H23N5O2S. The molecule has 0 radical (unpaired) electrons. The van der Waals surface area contributed by atoms with Gasteiger partial charge in [0.1, 0.15) is 11.4 Å². The molecule has 0 bridgehead atoms. The maximum atomic E-state index is 12.7. The standard InChI is InChI=1S/C26H23N5O2S/c1-17(25(33)28-22-15-13-21(14-16-22)27-18(2)32)34-26-29-23(19-9-5-3-6-10-19)24(30-31-26)20-11-7-4-8-12-20/h3-17H,1-2H3,(H,27,32)(H,28,33). The summed E-state index contributed by atoms with van der Waals surface area (Å²) >= 11 is 1.24. The van der Waals surface area contributed by atoms with E-state index in [1.807, 2.05) is 60.7 Å². The molecule has 2 amide bonds. The monoisotopic (exact) mass is 469 g/mol. The lowest BCUT2D eigenvalue weighted by Crippen LogP contribution is -2.22. The highest BCUT2D eigenvalue weighted by Gasteiger charge is 2.19. The minimum Gasteiger partial charge on any atom is -0.326 e. The van der Waals surface area contributed by atoms with Crippen LogP contribution in [0.5, 0.6) is 0 Å². The Hall–Kier alpha value is -4.04. The van der Waals surface area contributed by atoms with E-state index in [1.54, 1.807) is 31.2 Å². The van der Waals surface area contributed by atoms with Gasteiger partial charge in [-0.3, -0.25) is 9.59 Å². The number of aromatic nitrogens is 3. The van der Waals surface area contributed by atoms with E-state index in [0.29, 0.717) is 27.9 Å². The van der Waals surface area contributed by atoms with Gasteiger partial charge in [-0.1, -0.05) is 72.4 Å². The van der Waals surface area contributed by atoms with Crippen molar-refractivity contribution in [2.45, 2.75) is 24.3 Å². The predicted molar refractivity (Wildman–Crippen MR) is 135 cm³/mol. The summed E-state index contributed by atoms with van der Waals surface area (Å²) in [7, 11) is 0. The zero-order valence-electron chi connectivity index (χ0n) is 18.7. The molecule has 0 aliphatic carbocycles. The lowest BCUT2D eigenvalue weighted by Gasteiger charge is -2.13. The second kappa shape index (κ2) is 10.7. The maximum absolute atomic E-state index is 12.7. The number of anilines is 2.